The zero-order valence-corrected chi connectivity index (χ0v) is 14.2. The number of unbranched alkanes of at least 4 members (excludes halogenated alkanes) is 2. The molecule has 0 bridgehead atoms. The zero-order chi connectivity index (χ0) is 15.0. The number of halogens is 2. The first kappa shape index (κ1) is 17.2. The van der Waals surface area contributed by atoms with E-state index in [0.29, 0.717) is 23.6 Å². The standard InChI is InChI=1S/C14H17ClINO3/c1-20-13(18)5-3-2-4-8-17-14(19)10-6-7-12(16)11(15)9-10/h6-7,9H,2-5,8H2,1H3,(H,17,19). The van der Waals surface area contributed by atoms with Crippen LogP contribution >= 0.6 is 34.2 Å². The van der Waals surface area contributed by atoms with Crippen molar-refractivity contribution in [2.45, 2.75) is 25.7 Å². The van der Waals surface area contributed by atoms with Crippen LogP contribution in [0, 0.1) is 3.57 Å². The predicted molar refractivity (Wildman–Crippen MR) is 87.0 cm³/mol. The summed E-state index contributed by atoms with van der Waals surface area (Å²) in [5.41, 5.74) is 0.560. The molecule has 4 nitrogen and oxygen atoms in total. The van der Waals surface area contributed by atoms with Crippen LogP contribution in [-0.4, -0.2) is 25.5 Å². The van der Waals surface area contributed by atoms with Crippen LogP contribution in [0.25, 0.3) is 0 Å². The number of methoxy groups -OCH3 is 1. The Hall–Kier alpha value is -0.820. The lowest BCUT2D eigenvalue weighted by atomic mass is 10.2. The molecule has 1 N–H and O–H groups in total. The Bertz CT molecular complexity index is 479. The summed E-state index contributed by atoms with van der Waals surface area (Å²) in [4.78, 5) is 22.7. The summed E-state index contributed by atoms with van der Waals surface area (Å²) >= 11 is 8.09. The van der Waals surface area contributed by atoms with E-state index in [0.717, 1.165) is 22.8 Å². The summed E-state index contributed by atoms with van der Waals surface area (Å²) in [6.45, 7) is 0.587. The molecule has 110 valence electrons. The molecule has 0 saturated heterocycles. The van der Waals surface area contributed by atoms with Gasteiger partial charge in [-0.3, -0.25) is 9.59 Å². The summed E-state index contributed by atoms with van der Waals surface area (Å²) in [6.07, 6.45) is 2.92. The van der Waals surface area contributed by atoms with Gasteiger partial charge in [-0.1, -0.05) is 18.0 Å². The Balaban J connectivity index is 2.23. The van der Waals surface area contributed by atoms with E-state index in [4.69, 9.17) is 11.6 Å². The number of hydrogen-bond donors (Lipinski definition) is 1. The van der Waals surface area contributed by atoms with Gasteiger partial charge in [0.1, 0.15) is 0 Å². The molecule has 1 aromatic carbocycles. The van der Waals surface area contributed by atoms with E-state index < -0.39 is 0 Å². The highest BCUT2D eigenvalue weighted by Crippen LogP contribution is 2.19. The average Bonchev–Trinajstić information content (AvgIpc) is 2.44. The minimum Gasteiger partial charge on any atom is -0.469 e. The second-order valence-corrected chi connectivity index (χ2v) is 5.84. The van der Waals surface area contributed by atoms with Crippen LogP contribution in [0.3, 0.4) is 0 Å². The Morgan fingerprint density at radius 1 is 1.30 bits per heavy atom. The molecule has 6 heteroatoms. The number of ether oxygens (including phenoxy) is 1. The second kappa shape index (κ2) is 9.18. The van der Waals surface area contributed by atoms with Crippen LogP contribution in [0.15, 0.2) is 18.2 Å². The van der Waals surface area contributed by atoms with E-state index in [1.54, 1.807) is 12.1 Å². The molecule has 0 saturated carbocycles. The number of esters is 1. The number of carbonyl (C=O) groups is 2. The van der Waals surface area contributed by atoms with Gasteiger partial charge in [-0.2, -0.15) is 0 Å². The molecule has 0 unspecified atom stereocenters. The summed E-state index contributed by atoms with van der Waals surface area (Å²) in [5.74, 6) is -0.321. The highest BCUT2D eigenvalue weighted by molar-refractivity contribution is 14.1. The fourth-order valence-electron chi connectivity index (χ4n) is 1.61. The van der Waals surface area contributed by atoms with Gasteiger partial charge in [0.15, 0.2) is 0 Å². The molecule has 0 atom stereocenters. The zero-order valence-electron chi connectivity index (χ0n) is 11.2. The molecule has 0 heterocycles. The van der Waals surface area contributed by atoms with E-state index in [-0.39, 0.29) is 11.9 Å². The van der Waals surface area contributed by atoms with E-state index in [1.165, 1.54) is 7.11 Å². The van der Waals surface area contributed by atoms with Gasteiger partial charge >= 0.3 is 5.97 Å². The summed E-state index contributed by atoms with van der Waals surface area (Å²) in [7, 11) is 1.38. The maximum absolute atomic E-state index is 11.8. The van der Waals surface area contributed by atoms with E-state index in [1.807, 2.05) is 6.07 Å². The first-order valence-electron chi connectivity index (χ1n) is 6.34. The van der Waals surface area contributed by atoms with Crippen LogP contribution in [0.4, 0.5) is 0 Å². The molecule has 0 spiro atoms. The summed E-state index contributed by atoms with van der Waals surface area (Å²) in [6, 6.07) is 5.23. The molecule has 0 aliphatic heterocycles. The van der Waals surface area contributed by atoms with Crippen molar-refractivity contribution in [3.05, 3.63) is 32.4 Å². The number of amides is 1. The molecule has 1 amide bonds. The first-order chi connectivity index (χ1) is 9.54. The van der Waals surface area contributed by atoms with E-state index in [9.17, 15) is 9.59 Å². The Morgan fingerprint density at radius 2 is 2.05 bits per heavy atom. The number of rotatable bonds is 7. The van der Waals surface area contributed by atoms with Crippen LogP contribution < -0.4 is 5.32 Å². The SMILES string of the molecule is COC(=O)CCCCCNC(=O)c1ccc(I)c(Cl)c1. The van der Waals surface area contributed by atoms with Gasteiger partial charge in [0.25, 0.3) is 5.91 Å². The first-order valence-corrected chi connectivity index (χ1v) is 7.80. The van der Waals surface area contributed by atoms with Crippen molar-refractivity contribution in [3.8, 4) is 0 Å². The molecule has 0 radical (unpaired) electrons. The maximum atomic E-state index is 11.8. The Labute approximate surface area is 137 Å². The van der Waals surface area contributed by atoms with Crippen LogP contribution in [-0.2, 0) is 9.53 Å². The lowest BCUT2D eigenvalue weighted by Gasteiger charge is -2.06. The minimum atomic E-state index is -0.192. The van der Waals surface area contributed by atoms with Crippen molar-refractivity contribution in [2.75, 3.05) is 13.7 Å². The molecule has 0 aliphatic carbocycles. The van der Waals surface area contributed by atoms with Crippen molar-refractivity contribution in [1.29, 1.82) is 0 Å². The fraction of sp³-hybridized carbons (Fsp3) is 0.429. The normalized spacial score (nSPS) is 10.2. The fourth-order valence-corrected chi connectivity index (χ4v) is 2.13. The molecular weight excluding hydrogens is 393 g/mol. The summed E-state index contributed by atoms with van der Waals surface area (Å²) < 4.78 is 5.47. The van der Waals surface area contributed by atoms with E-state index in [2.05, 4.69) is 32.6 Å². The number of nitrogens with one attached hydrogen (secondary N) is 1. The molecule has 20 heavy (non-hydrogen) atoms. The molecule has 1 aromatic rings. The van der Waals surface area contributed by atoms with Crippen molar-refractivity contribution in [3.63, 3.8) is 0 Å². The van der Waals surface area contributed by atoms with Gasteiger partial charge in [-0.15, -0.1) is 0 Å². The number of hydrogen-bond acceptors (Lipinski definition) is 3. The van der Waals surface area contributed by atoms with Crippen molar-refractivity contribution in [2.24, 2.45) is 0 Å². The molecule has 0 aromatic heterocycles. The van der Waals surface area contributed by atoms with Gasteiger partial charge in [0, 0.05) is 22.1 Å². The third-order valence-electron chi connectivity index (χ3n) is 2.75. The van der Waals surface area contributed by atoms with Gasteiger partial charge in [0.05, 0.1) is 12.1 Å². The minimum absolute atomic E-state index is 0.128. The van der Waals surface area contributed by atoms with Crippen LogP contribution in [0.2, 0.25) is 5.02 Å². The maximum Gasteiger partial charge on any atom is 0.305 e. The average molecular weight is 410 g/mol. The number of carbonyl (C=O) groups excluding carboxylic acids is 2. The Kier molecular flexibility index (Phi) is 7.91. The van der Waals surface area contributed by atoms with Gasteiger partial charge in [-0.05, 0) is 53.6 Å². The summed E-state index contributed by atoms with van der Waals surface area (Å²) in [5, 5.41) is 3.41. The lowest BCUT2D eigenvalue weighted by Crippen LogP contribution is -2.24. The van der Waals surface area contributed by atoms with Crippen molar-refractivity contribution < 1.29 is 14.3 Å². The molecular formula is C14H17ClINO3. The van der Waals surface area contributed by atoms with Crippen LogP contribution in [0.5, 0.6) is 0 Å². The van der Waals surface area contributed by atoms with Crippen LogP contribution in [0.1, 0.15) is 36.0 Å². The highest BCUT2D eigenvalue weighted by Gasteiger charge is 2.07. The lowest BCUT2D eigenvalue weighted by molar-refractivity contribution is -0.140. The highest BCUT2D eigenvalue weighted by atomic mass is 127. The van der Waals surface area contributed by atoms with Gasteiger partial charge in [-0.25, -0.2) is 0 Å². The largest absolute Gasteiger partial charge is 0.469 e. The molecule has 0 fully saturated rings. The van der Waals surface area contributed by atoms with Crippen molar-refractivity contribution in [1.82, 2.24) is 5.32 Å². The van der Waals surface area contributed by atoms with Gasteiger partial charge < -0.3 is 10.1 Å². The van der Waals surface area contributed by atoms with Gasteiger partial charge in [0.2, 0.25) is 0 Å². The van der Waals surface area contributed by atoms with E-state index >= 15 is 0 Å². The molecule has 1 rings (SSSR count). The second-order valence-electron chi connectivity index (χ2n) is 4.27. The smallest absolute Gasteiger partial charge is 0.305 e. The predicted octanol–water partition coefficient (Wildman–Crippen LogP) is 3.41. The third-order valence-corrected chi connectivity index (χ3v) is 4.32. The topological polar surface area (TPSA) is 55.4 Å². The monoisotopic (exact) mass is 409 g/mol. The number of benzene rings is 1. The van der Waals surface area contributed by atoms with Crippen molar-refractivity contribution >= 4 is 46.1 Å². The quantitative estimate of drug-likeness (QED) is 0.427. The third kappa shape index (κ3) is 6.09. The Morgan fingerprint density at radius 3 is 2.70 bits per heavy atom. The molecule has 0 aliphatic rings.